The molecule has 0 aliphatic carbocycles. The van der Waals surface area contributed by atoms with Gasteiger partial charge in [-0.15, -0.1) is 0 Å². The van der Waals surface area contributed by atoms with Gasteiger partial charge < -0.3 is 10.5 Å². The number of ether oxygens (including phenoxy) is 1. The van der Waals surface area contributed by atoms with Crippen molar-refractivity contribution < 1.29 is 9.53 Å². The number of aliphatic imine (C=N–C) groups is 1. The lowest BCUT2D eigenvalue weighted by atomic mass is 10.1. The third kappa shape index (κ3) is 6.22. The molecule has 0 atom stereocenters. The Morgan fingerprint density at radius 2 is 1.75 bits per heavy atom. The average Bonchev–Trinajstić information content (AvgIpc) is 1.99. The molecule has 0 saturated carbocycles. The lowest BCUT2D eigenvalue weighted by molar-refractivity contribution is -0.160. The standard InChI is InChI=1S/C12H22N2O2/c1-9(13)7-8-14-12(5,6)10(15)16-11(2,3)4/h7-8H,13H2,1-6H3. The lowest BCUT2D eigenvalue weighted by Crippen LogP contribution is -2.37. The van der Waals surface area contributed by atoms with Crippen molar-refractivity contribution in [1.82, 2.24) is 0 Å². The van der Waals surface area contributed by atoms with E-state index < -0.39 is 11.1 Å². The van der Waals surface area contributed by atoms with Crippen LogP contribution in [0.4, 0.5) is 0 Å². The number of allylic oxidation sites excluding steroid dienone is 2. The van der Waals surface area contributed by atoms with Crippen molar-refractivity contribution in [2.24, 2.45) is 10.7 Å². The number of carbonyl (C=O) groups is 1. The largest absolute Gasteiger partial charge is 0.458 e. The molecule has 0 unspecified atom stereocenters. The normalized spacial score (nSPS) is 14.2. The first-order valence-corrected chi connectivity index (χ1v) is 5.25. The van der Waals surface area contributed by atoms with Crippen molar-refractivity contribution >= 4 is 12.2 Å². The summed E-state index contributed by atoms with van der Waals surface area (Å²) in [7, 11) is 0. The summed E-state index contributed by atoms with van der Waals surface area (Å²) in [6.45, 7) is 10.7. The highest BCUT2D eigenvalue weighted by Crippen LogP contribution is 2.16. The third-order valence-electron chi connectivity index (χ3n) is 1.63. The smallest absolute Gasteiger partial charge is 0.333 e. The summed E-state index contributed by atoms with van der Waals surface area (Å²) in [6, 6.07) is 0. The molecule has 0 rings (SSSR count). The van der Waals surface area contributed by atoms with Gasteiger partial charge in [0.1, 0.15) is 5.60 Å². The van der Waals surface area contributed by atoms with E-state index in [1.54, 1.807) is 26.8 Å². The SMILES string of the molecule is CC(N)=CC=NC(C)(C)C(=O)OC(C)(C)C. The zero-order valence-corrected chi connectivity index (χ0v) is 11.0. The minimum Gasteiger partial charge on any atom is -0.458 e. The molecule has 0 aromatic carbocycles. The fraction of sp³-hybridized carbons (Fsp3) is 0.667. The van der Waals surface area contributed by atoms with Gasteiger partial charge in [-0.3, -0.25) is 4.99 Å². The number of hydrogen-bond acceptors (Lipinski definition) is 4. The van der Waals surface area contributed by atoms with Gasteiger partial charge in [0.25, 0.3) is 0 Å². The van der Waals surface area contributed by atoms with Crippen molar-refractivity contribution in [2.75, 3.05) is 0 Å². The van der Waals surface area contributed by atoms with Gasteiger partial charge in [0.2, 0.25) is 0 Å². The second kappa shape index (κ2) is 5.14. The summed E-state index contributed by atoms with van der Waals surface area (Å²) in [4.78, 5) is 15.9. The summed E-state index contributed by atoms with van der Waals surface area (Å²) in [6.07, 6.45) is 3.17. The Hall–Kier alpha value is -1.32. The van der Waals surface area contributed by atoms with Gasteiger partial charge >= 0.3 is 5.97 Å². The van der Waals surface area contributed by atoms with Crippen LogP contribution in [0.25, 0.3) is 0 Å². The highest BCUT2D eigenvalue weighted by atomic mass is 16.6. The van der Waals surface area contributed by atoms with Crippen LogP contribution in [-0.4, -0.2) is 23.3 Å². The van der Waals surface area contributed by atoms with Crippen molar-refractivity contribution in [2.45, 2.75) is 52.7 Å². The van der Waals surface area contributed by atoms with E-state index in [4.69, 9.17) is 10.5 Å². The van der Waals surface area contributed by atoms with E-state index in [2.05, 4.69) is 4.99 Å². The Morgan fingerprint density at radius 3 is 2.12 bits per heavy atom. The fourth-order valence-corrected chi connectivity index (χ4v) is 0.797. The Bertz CT molecular complexity index is 305. The first-order valence-electron chi connectivity index (χ1n) is 5.25. The van der Waals surface area contributed by atoms with Crippen LogP contribution in [0.3, 0.4) is 0 Å². The first kappa shape index (κ1) is 14.7. The summed E-state index contributed by atoms with van der Waals surface area (Å²) < 4.78 is 5.26. The Labute approximate surface area is 97.6 Å². The molecule has 0 fully saturated rings. The van der Waals surface area contributed by atoms with E-state index in [-0.39, 0.29) is 5.97 Å². The molecule has 4 nitrogen and oxygen atoms in total. The number of rotatable bonds is 3. The predicted octanol–water partition coefficient (Wildman–Crippen LogP) is 2.04. The molecule has 0 aromatic rings. The first-order chi connectivity index (χ1) is 7.04. The summed E-state index contributed by atoms with van der Waals surface area (Å²) in [5, 5.41) is 0. The zero-order chi connectivity index (χ0) is 13.0. The summed E-state index contributed by atoms with van der Waals surface area (Å²) in [5.41, 5.74) is 4.71. The molecule has 2 N–H and O–H groups in total. The fourth-order valence-electron chi connectivity index (χ4n) is 0.797. The molecule has 4 heteroatoms. The van der Waals surface area contributed by atoms with E-state index in [1.807, 2.05) is 20.8 Å². The number of carbonyl (C=O) groups excluding carboxylic acids is 1. The van der Waals surface area contributed by atoms with E-state index >= 15 is 0 Å². The van der Waals surface area contributed by atoms with E-state index in [0.29, 0.717) is 5.70 Å². The molecular formula is C12H22N2O2. The maximum Gasteiger partial charge on any atom is 0.333 e. The second-order valence-corrected chi connectivity index (χ2v) is 5.25. The number of hydrogen-bond donors (Lipinski definition) is 1. The minimum atomic E-state index is -0.890. The Balaban J connectivity index is 4.61. The van der Waals surface area contributed by atoms with Crippen LogP contribution in [0.5, 0.6) is 0 Å². The van der Waals surface area contributed by atoms with Gasteiger partial charge in [-0.1, -0.05) is 0 Å². The number of nitrogens with two attached hydrogens (primary N) is 1. The van der Waals surface area contributed by atoms with Crippen molar-refractivity contribution in [1.29, 1.82) is 0 Å². The molecule has 0 aliphatic heterocycles. The number of nitrogens with zero attached hydrogens (tertiary/aromatic N) is 1. The summed E-state index contributed by atoms with van der Waals surface area (Å²) >= 11 is 0. The van der Waals surface area contributed by atoms with Gasteiger partial charge in [-0.2, -0.15) is 0 Å². The molecular weight excluding hydrogens is 204 g/mol. The van der Waals surface area contributed by atoms with Crippen LogP contribution in [0.2, 0.25) is 0 Å². The molecule has 0 bridgehead atoms. The molecule has 0 aromatic heterocycles. The quantitative estimate of drug-likeness (QED) is 0.591. The maximum atomic E-state index is 11.8. The predicted molar refractivity (Wildman–Crippen MR) is 66.4 cm³/mol. The van der Waals surface area contributed by atoms with Crippen LogP contribution in [0.15, 0.2) is 16.8 Å². The third-order valence-corrected chi connectivity index (χ3v) is 1.63. The van der Waals surface area contributed by atoms with Crippen LogP contribution in [-0.2, 0) is 9.53 Å². The number of esters is 1. The van der Waals surface area contributed by atoms with Gasteiger partial charge in [-0.05, 0) is 47.6 Å². The van der Waals surface area contributed by atoms with E-state index in [0.717, 1.165) is 0 Å². The molecule has 0 saturated heterocycles. The highest BCUT2D eigenvalue weighted by molar-refractivity contribution is 5.84. The summed E-state index contributed by atoms with van der Waals surface area (Å²) in [5.74, 6) is -0.348. The molecule has 0 radical (unpaired) electrons. The molecule has 0 heterocycles. The van der Waals surface area contributed by atoms with Gasteiger partial charge in [0.05, 0.1) is 0 Å². The maximum absolute atomic E-state index is 11.8. The molecule has 92 valence electrons. The van der Waals surface area contributed by atoms with Crippen molar-refractivity contribution in [3.63, 3.8) is 0 Å². The highest BCUT2D eigenvalue weighted by Gasteiger charge is 2.31. The average molecular weight is 226 g/mol. The lowest BCUT2D eigenvalue weighted by Gasteiger charge is -2.25. The van der Waals surface area contributed by atoms with Gasteiger partial charge in [0.15, 0.2) is 5.54 Å². The topological polar surface area (TPSA) is 64.7 Å². The van der Waals surface area contributed by atoms with Crippen molar-refractivity contribution in [3.8, 4) is 0 Å². The Kier molecular flexibility index (Phi) is 4.72. The zero-order valence-electron chi connectivity index (χ0n) is 11.0. The molecule has 0 aliphatic rings. The Morgan fingerprint density at radius 1 is 1.25 bits per heavy atom. The van der Waals surface area contributed by atoms with Crippen LogP contribution < -0.4 is 5.73 Å². The van der Waals surface area contributed by atoms with Gasteiger partial charge in [0, 0.05) is 11.9 Å². The second-order valence-electron chi connectivity index (χ2n) is 5.25. The van der Waals surface area contributed by atoms with Crippen LogP contribution in [0.1, 0.15) is 41.5 Å². The monoisotopic (exact) mass is 226 g/mol. The van der Waals surface area contributed by atoms with E-state index in [1.165, 1.54) is 6.21 Å². The minimum absolute atomic E-state index is 0.348. The van der Waals surface area contributed by atoms with Crippen molar-refractivity contribution in [3.05, 3.63) is 11.8 Å². The molecule has 16 heavy (non-hydrogen) atoms. The molecule has 0 amide bonds. The van der Waals surface area contributed by atoms with Gasteiger partial charge in [-0.25, -0.2) is 4.79 Å². The van der Waals surface area contributed by atoms with Crippen LogP contribution in [0, 0.1) is 0 Å². The molecule has 0 spiro atoms. The van der Waals surface area contributed by atoms with E-state index in [9.17, 15) is 4.79 Å². The van der Waals surface area contributed by atoms with Crippen LogP contribution >= 0.6 is 0 Å².